The molecule has 2 aromatic rings. The van der Waals surface area contributed by atoms with E-state index in [9.17, 15) is 4.79 Å². The van der Waals surface area contributed by atoms with Gasteiger partial charge in [-0.1, -0.05) is 43.2 Å². The van der Waals surface area contributed by atoms with Crippen molar-refractivity contribution < 1.29 is 9.53 Å². The Morgan fingerprint density at radius 2 is 1.96 bits per heavy atom. The van der Waals surface area contributed by atoms with E-state index in [1.165, 1.54) is 37.4 Å². The van der Waals surface area contributed by atoms with Gasteiger partial charge in [-0.15, -0.1) is 5.10 Å². The zero-order valence-electron chi connectivity index (χ0n) is 16.3. The normalized spacial score (nSPS) is 22.0. The summed E-state index contributed by atoms with van der Waals surface area (Å²) in [7, 11) is 1.65. The minimum Gasteiger partial charge on any atom is -0.497 e. The number of nitrogens with zero attached hydrogens (tertiary/aromatic N) is 5. The third kappa shape index (κ3) is 4.48. The Bertz CT molecular complexity index is 794. The lowest BCUT2D eigenvalue weighted by Gasteiger charge is -2.41. The van der Waals surface area contributed by atoms with Crippen molar-refractivity contribution in [1.82, 2.24) is 25.1 Å². The number of fused-ring (bicyclic) bond motifs is 1. The molecule has 0 spiro atoms. The fourth-order valence-electron chi connectivity index (χ4n) is 4.35. The van der Waals surface area contributed by atoms with Gasteiger partial charge in [-0.25, -0.2) is 4.68 Å². The summed E-state index contributed by atoms with van der Waals surface area (Å²) in [4.78, 5) is 14.8. The van der Waals surface area contributed by atoms with E-state index in [1.807, 2.05) is 24.3 Å². The largest absolute Gasteiger partial charge is 0.497 e. The molecule has 150 valence electrons. The molecule has 0 bridgehead atoms. The molecule has 1 aliphatic heterocycles. The molecule has 1 aromatic heterocycles. The van der Waals surface area contributed by atoms with Gasteiger partial charge in [0, 0.05) is 13.1 Å². The third-order valence-electron chi connectivity index (χ3n) is 5.96. The van der Waals surface area contributed by atoms with Gasteiger partial charge in [-0.05, 0) is 52.8 Å². The van der Waals surface area contributed by atoms with E-state index >= 15 is 0 Å². The average Bonchev–Trinajstić information content (AvgIpc) is 3.19. The quantitative estimate of drug-likeness (QED) is 0.693. The van der Waals surface area contributed by atoms with E-state index in [1.54, 1.807) is 11.8 Å². The van der Waals surface area contributed by atoms with Crippen LogP contribution < -0.4 is 4.74 Å². The number of tetrazole rings is 1. The van der Waals surface area contributed by atoms with E-state index < -0.39 is 0 Å². The predicted octanol–water partition coefficient (Wildman–Crippen LogP) is 2.86. The molecular formula is C20H27N5O2S. The van der Waals surface area contributed by atoms with Crippen molar-refractivity contribution in [1.29, 1.82) is 0 Å². The molecule has 1 aromatic carbocycles. The number of piperidine rings is 1. The van der Waals surface area contributed by atoms with E-state index in [0.29, 0.717) is 23.4 Å². The third-order valence-corrected chi connectivity index (χ3v) is 6.90. The zero-order valence-corrected chi connectivity index (χ0v) is 17.1. The van der Waals surface area contributed by atoms with Crippen LogP contribution in [0.1, 0.15) is 37.7 Å². The van der Waals surface area contributed by atoms with Gasteiger partial charge < -0.3 is 9.64 Å². The molecule has 1 amide bonds. The Labute approximate surface area is 169 Å². The van der Waals surface area contributed by atoms with Crippen molar-refractivity contribution in [3.63, 3.8) is 0 Å². The van der Waals surface area contributed by atoms with Crippen molar-refractivity contribution in [3.05, 3.63) is 29.8 Å². The number of amides is 1. The number of ether oxygens (including phenoxy) is 1. The number of carbonyl (C=O) groups is 1. The standard InChI is InChI=1S/C20H27N5O2S/c1-27-18-8-6-15(7-9-18)12-25-20(21-22-23-25)28-14-19(26)24-11-10-16-4-2-3-5-17(16)13-24/h6-9,16-17H,2-5,10-14H2,1H3/t16-,17-/m0/s1. The molecule has 7 nitrogen and oxygen atoms in total. The second-order valence-corrected chi connectivity index (χ2v) is 8.63. The zero-order chi connectivity index (χ0) is 19.3. The number of thioether (sulfide) groups is 1. The number of carbonyl (C=O) groups excluding carboxylic acids is 1. The maximum absolute atomic E-state index is 12.7. The maximum Gasteiger partial charge on any atom is 0.233 e. The second kappa shape index (κ2) is 8.94. The van der Waals surface area contributed by atoms with Gasteiger partial charge in [0.2, 0.25) is 11.1 Å². The number of methoxy groups -OCH3 is 1. The summed E-state index contributed by atoms with van der Waals surface area (Å²) in [6, 6.07) is 7.83. The molecule has 1 aliphatic carbocycles. The van der Waals surface area contributed by atoms with Crippen LogP contribution in [0.25, 0.3) is 0 Å². The molecule has 2 heterocycles. The average molecular weight is 402 g/mol. The van der Waals surface area contributed by atoms with Crippen molar-refractivity contribution >= 4 is 17.7 Å². The summed E-state index contributed by atoms with van der Waals surface area (Å²) in [6.45, 7) is 2.40. The topological polar surface area (TPSA) is 73.1 Å². The molecule has 0 N–H and O–H groups in total. The highest BCUT2D eigenvalue weighted by Gasteiger charge is 2.32. The molecule has 8 heteroatoms. The van der Waals surface area contributed by atoms with Gasteiger partial charge >= 0.3 is 0 Å². The first-order valence-corrected chi connectivity index (χ1v) is 11.0. The molecule has 2 aliphatic rings. The van der Waals surface area contributed by atoms with Crippen LogP contribution in [0.3, 0.4) is 0 Å². The van der Waals surface area contributed by atoms with E-state index in [0.717, 1.165) is 36.7 Å². The Morgan fingerprint density at radius 1 is 1.18 bits per heavy atom. The minimum atomic E-state index is 0.202. The molecule has 1 saturated heterocycles. The summed E-state index contributed by atoms with van der Waals surface area (Å²) in [6.07, 6.45) is 6.47. The Hall–Kier alpha value is -2.09. The molecule has 1 saturated carbocycles. The fourth-order valence-corrected chi connectivity index (χ4v) is 5.13. The lowest BCUT2D eigenvalue weighted by atomic mass is 9.75. The lowest BCUT2D eigenvalue weighted by molar-refractivity contribution is -0.131. The lowest BCUT2D eigenvalue weighted by Crippen LogP contribution is -2.45. The van der Waals surface area contributed by atoms with Crippen LogP contribution in [0.15, 0.2) is 29.4 Å². The SMILES string of the molecule is COc1ccc(Cn2nnnc2SCC(=O)N2CC[C@@H]3CCCC[C@H]3C2)cc1. The van der Waals surface area contributed by atoms with Crippen LogP contribution >= 0.6 is 11.8 Å². The van der Waals surface area contributed by atoms with Gasteiger partial charge in [-0.2, -0.15) is 0 Å². The van der Waals surface area contributed by atoms with Crippen molar-refractivity contribution in [2.45, 2.75) is 43.8 Å². The molecule has 28 heavy (non-hydrogen) atoms. The first-order valence-electron chi connectivity index (χ1n) is 10.0. The molecule has 0 unspecified atom stereocenters. The van der Waals surface area contributed by atoms with Crippen LogP contribution in [-0.4, -0.2) is 57.0 Å². The van der Waals surface area contributed by atoms with Crippen molar-refractivity contribution in [3.8, 4) is 5.75 Å². The van der Waals surface area contributed by atoms with Crippen molar-refractivity contribution in [2.75, 3.05) is 26.0 Å². The number of hydrogen-bond donors (Lipinski definition) is 0. The Kier molecular flexibility index (Phi) is 6.14. The van der Waals surface area contributed by atoms with Crippen molar-refractivity contribution in [2.24, 2.45) is 11.8 Å². The summed E-state index contributed by atoms with van der Waals surface area (Å²) < 4.78 is 6.93. The molecule has 4 rings (SSSR count). The first-order chi connectivity index (χ1) is 13.7. The predicted molar refractivity (Wildman–Crippen MR) is 107 cm³/mol. The summed E-state index contributed by atoms with van der Waals surface area (Å²) in [5.41, 5.74) is 1.08. The molecular weight excluding hydrogens is 374 g/mol. The molecule has 2 fully saturated rings. The summed E-state index contributed by atoms with van der Waals surface area (Å²) in [5.74, 6) is 2.95. The number of aromatic nitrogens is 4. The molecule has 0 radical (unpaired) electrons. The number of hydrogen-bond acceptors (Lipinski definition) is 6. The Balaban J connectivity index is 1.31. The van der Waals surface area contributed by atoms with Crippen LogP contribution in [0.5, 0.6) is 5.75 Å². The Morgan fingerprint density at radius 3 is 2.75 bits per heavy atom. The number of rotatable bonds is 6. The van der Waals surface area contributed by atoms with E-state index in [4.69, 9.17) is 4.74 Å². The second-order valence-electron chi connectivity index (χ2n) is 7.69. The maximum atomic E-state index is 12.7. The highest BCUT2D eigenvalue weighted by Crippen LogP contribution is 2.36. The van der Waals surface area contributed by atoms with Crippen LogP contribution in [0.4, 0.5) is 0 Å². The minimum absolute atomic E-state index is 0.202. The number of likely N-dealkylation sites (tertiary alicyclic amines) is 1. The van der Waals surface area contributed by atoms with Gasteiger partial charge in [0.05, 0.1) is 19.4 Å². The van der Waals surface area contributed by atoms with Gasteiger partial charge in [-0.3, -0.25) is 4.79 Å². The van der Waals surface area contributed by atoms with E-state index in [-0.39, 0.29) is 5.91 Å². The highest BCUT2D eigenvalue weighted by atomic mass is 32.2. The van der Waals surface area contributed by atoms with Crippen LogP contribution in [0, 0.1) is 11.8 Å². The highest BCUT2D eigenvalue weighted by molar-refractivity contribution is 7.99. The van der Waals surface area contributed by atoms with Gasteiger partial charge in [0.1, 0.15) is 5.75 Å². The number of benzene rings is 1. The smallest absolute Gasteiger partial charge is 0.233 e. The molecule has 2 atom stereocenters. The monoisotopic (exact) mass is 401 g/mol. The van der Waals surface area contributed by atoms with Crippen LogP contribution in [0.2, 0.25) is 0 Å². The first kappa shape index (κ1) is 19.2. The van der Waals surface area contributed by atoms with Crippen LogP contribution in [-0.2, 0) is 11.3 Å². The summed E-state index contributed by atoms with van der Waals surface area (Å²) >= 11 is 1.42. The fraction of sp³-hybridized carbons (Fsp3) is 0.600. The van der Waals surface area contributed by atoms with Gasteiger partial charge in [0.25, 0.3) is 0 Å². The van der Waals surface area contributed by atoms with E-state index in [2.05, 4.69) is 20.4 Å². The van der Waals surface area contributed by atoms with Gasteiger partial charge in [0.15, 0.2) is 0 Å². The summed E-state index contributed by atoms with van der Waals surface area (Å²) in [5, 5.41) is 12.6.